The summed E-state index contributed by atoms with van der Waals surface area (Å²) < 4.78 is 27.0. The lowest BCUT2D eigenvalue weighted by Gasteiger charge is -2.35. The molecule has 1 atom stereocenters. The molecule has 8 heteroatoms. The van der Waals surface area contributed by atoms with E-state index in [1.807, 2.05) is 80.6 Å². The first-order valence-corrected chi connectivity index (χ1v) is 16.2. The van der Waals surface area contributed by atoms with Gasteiger partial charge in [0.1, 0.15) is 12.6 Å². The topological polar surface area (TPSA) is 86.8 Å². The standard InChI is InChI=1S/C33H41N3O4S/c1-25-18-20-30(21-19-25)36(41(3,39)40)24-32(37)35(23-28-15-11-10-12-26(28)2)31(22-27-13-6-4-7-14-27)33(38)34-29-16-8-5-9-17-29/h4,6-7,10-15,18-21,29,31H,5,8-9,16-17,22-24H2,1-3H3,(H,34,38)/t31-/m0/s1. The molecule has 0 aromatic heterocycles. The highest BCUT2D eigenvalue weighted by atomic mass is 32.2. The second-order valence-electron chi connectivity index (χ2n) is 11.1. The van der Waals surface area contributed by atoms with Crippen molar-refractivity contribution in [3.8, 4) is 0 Å². The first kappa shape index (κ1) is 30.3. The molecule has 0 bridgehead atoms. The van der Waals surface area contributed by atoms with Crippen LogP contribution in [0.2, 0.25) is 0 Å². The maximum atomic E-state index is 14.2. The van der Waals surface area contributed by atoms with E-state index < -0.39 is 28.5 Å². The number of sulfonamides is 1. The largest absolute Gasteiger partial charge is 0.352 e. The summed E-state index contributed by atoms with van der Waals surface area (Å²) in [6, 6.07) is 23.7. The normalized spacial score (nSPS) is 14.7. The summed E-state index contributed by atoms with van der Waals surface area (Å²) in [7, 11) is -3.78. The third-order valence-electron chi connectivity index (χ3n) is 7.83. The van der Waals surface area contributed by atoms with Crippen molar-refractivity contribution >= 4 is 27.5 Å². The monoisotopic (exact) mass is 575 g/mol. The lowest BCUT2D eigenvalue weighted by Crippen LogP contribution is -2.55. The molecule has 1 fully saturated rings. The van der Waals surface area contributed by atoms with Gasteiger partial charge in [0.25, 0.3) is 0 Å². The number of carbonyl (C=O) groups excluding carboxylic acids is 2. The van der Waals surface area contributed by atoms with Crippen LogP contribution in [0.4, 0.5) is 5.69 Å². The maximum absolute atomic E-state index is 14.2. The summed E-state index contributed by atoms with van der Waals surface area (Å²) in [6.07, 6.45) is 6.57. The van der Waals surface area contributed by atoms with E-state index in [9.17, 15) is 18.0 Å². The Labute approximate surface area is 244 Å². The van der Waals surface area contributed by atoms with Crippen molar-refractivity contribution in [3.63, 3.8) is 0 Å². The maximum Gasteiger partial charge on any atom is 0.244 e. The van der Waals surface area contributed by atoms with Gasteiger partial charge in [-0.1, -0.05) is 91.6 Å². The molecule has 0 aliphatic heterocycles. The summed E-state index contributed by atoms with van der Waals surface area (Å²) in [4.78, 5) is 29.8. The lowest BCUT2D eigenvalue weighted by molar-refractivity contribution is -0.140. The Balaban J connectivity index is 1.72. The van der Waals surface area contributed by atoms with Crippen molar-refractivity contribution < 1.29 is 18.0 Å². The van der Waals surface area contributed by atoms with Gasteiger partial charge in [0.05, 0.1) is 11.9 Å². The number of nitrogens with zero attached hydrogens (tertiary/aromatic N) is 2. The third kappa shape index (κ3) is 8.43. The van der Waals surface area contributed by atoms with Gasteiger partial charge in [0.2, 0.25) is 21.8 Å². The molecule has 4 rings (SSSR count). The van der Waals surface area contributed by atoms with Crippen LogP contribution in [0.5, 0.6) is 0 Å². The molecule has 0 radical (unpaired) electrons. The van der Waals surface area contributed by atoms with Gasteiger partial charge in [-0.15, -0.1) is 0 Å². The van der Waals surface area contributed by atoms with E-state index in [1.54, 1.807) is 17.0 Å². The van der Waals surface area contributed by atoms with Gasteiger partial charge in [0, 0.05) is 19.0 Å². The van der Waals surface area contributed by atoms with Crippen LogP contribution in [-0.4, -0.2) is 50.0 Å². The second-order valence-corrected chi connectivity index (χ2v) is 13.0. The number of anilines is 1. The molecular formula is C33H41N3O4S. The van der Waals surface area contributed by atoms with Crippen molar-refractivity contribution in [2.24, 2.45) is 0 Å². The number of hydrogen-bond acceptors (Lipinski definition) is 4. The smallest absolute Gasteiger partial charge is 0.244 e. The number of amides is 2. The summed E-state index contributed by atoms with van der Waals surface area (Å²) in [5.41, 5.74) is 4.23. The Morgan fingerprint density at radius 3 is 2.15 bits per heavy atom. The molecule has 2 amide bonds. The number of rotatable bonds is 11. The minimum Gasteiger partial charge on any atom is -0.352 e. The van der Waals surface area contributed by atoms with Crippen LogP contribution < -0.4 is 9.62 Å². The average Bonchev–Trinajstić information content (AvgIpc) is 2.95. The fraction of sp³-hybridized carbons (Fsp3) is 0.394. The summed E-state index contributed by atoms with van der Waals surface area (Å²) in [5.74, 6) is -0.636. The highest BCUT2D eigenvalue weighted by Gasteiger charge is 2.34. The summed E-state index contributed by atoms with van der Waals surface area (Å²) in [6.45, 7) is 3.67. The summed E-state index contributed by atoms with van der Waals surface area (Å²) in [5, 5.41) is 3.23. The van der Waals surface area contributed by atoms with Crippen molar-refractivity contribution in [1.29, 1.82) is 0 Å². The Kier molecular flexibility index (Phi) is 10.2. The van der Waals surface area contributed by atoms with Gasteiger partial charge in [-0.3, -0.25) is 13.9 Å². The molecule has 3 aromatic carbocycles. The molecule has 3 aromatic rings. The van der Waals surface area contributed by atoms with E-state index in [2.05, 4.69) is 5.32 Å². The van der Waals surface area contributed by atoms with Gasteiger partial charge >= 0.3 is 0 Å². The van der Waals surface area contributed by atoms with Gasteiger partial charge in [0.15, 0.2) is 0 Å². The van der Waals surface area contributed by atoms with Crippen molar-refractivity contribution in [1.82, 2.24) is 10.2 Å². The van der Waals surface area contributed by atoms with Crippen LogP contribution >= 0.6 is 0 Å². The minimum absolute atomic E-state index is 0.0741. The Hall–Kier alpha value is -3.65. The van der Waals surface area contributed by atoms with Gasteiger partial charge in [-0.25, -0.2) is 8.42 Å². The molecule has 0 unspecified atom stereocenters. The van der Waals surface area contributed by atoms with Crippen LogP contribution in [-0.2, 0) is 32.6 Å². The fourth-order valence-electron chi connectivity index (χ4n) is 5.39. The Bertz CT molecular complexity index is 1420. The molecule has 0 spiro atoms. The Morgan fingerprint density at radius 2 is 1.51 bits per heavy atom. The van der Waals surface area contributed by atoms with E-state index in [0.29, 0.717) is 12.1 Å². The number of aryl methyl sites for hydroxylation is 2. The molecule has 1 saturated carbocycles. The highest BCUT2D eigenvalue weighted by molar-refractivity contribution is 7.92. The zero-order chi connectivity index (χ0) is 29.4. The zero-order valence-electron chi connectivity index (χ0n) is 24.3. The van der Waals surface area contributed by atoms with Crippen molar-refractivity contribution in [3.05, 3.63) is 101 Å². The fourth-order valence-corrected chi connectivity index (χ4v) is 6.24. The minimum atomic E-state index is -3.78. The average molecular weight is 576 g/mol. The van der Waals surface area contributed by atoms with E-state index >= 15 is 0 Å². The number of carbonyl (C=O) groups is 2. The van der Waals surface area contributed by atoms with E-state index in [0.717, 1.165) is 64.9 Å². The molecule has 0 heterocycles. The van der Waals surface area contributed by atoms with Gasteiger partial charge in [-0.2, -0.15) is 0 Å². The number of nitrogens with one attached hydrogen (secondary N) is 1. The molecule has 218 valence electrons. The molecule has 41 heavy (non-hydrogen) atoms. The van der Waals surface area contributed by atoms with E-state index in [-0.39, 0.29) is 18.5 Å². The number of benzene rings is 3. The second kappa shape index (κ2) is 13.8. The first-order chi connectivity index (χ1) is 19.6. The van der Waals surface area contributed by atoms with Crippen LogP contribution in [0, 0.1) is 13.8 Å². The Morgan fingerprint density at radius 1 is 0.878 bits per heavy atom. The number of hydrogen-bond donors (Lipinski definition) is 1. The zero-order valence-corrected chi connectivity index (χ0v) is 25.1. The molecular weight excluding hydrogens is 534 g/mol. The quantitative estimate of drug-likeness (QED) is 0.342. The van der Waals surface area contributed by atoms with Crippen LogP contribution in [0.1, 0.15) is 54.4 Å². The molecule has 1 N–H and O–H groups in total. The molecule has 1 aliphatic rings. The predicted octanol–water partition coefficient (Wildman–Crippen LogP) is 5.16. The van der Waals surface area contributed by atoms with Crippen LogP contribution in [0.25, 0.3) is 0 Å². The molecule has 7 nitrogen and oxygen atoms in total. The van der Waals surface area contributed by atoms with Gasteiger partial charge < -0.3 is 10.2 Å². The summed E-state index contributed by atoms with van der Waals surface area (Å²) >= 11 is 0. The van der Waals surface area contributed by atoms with E-state index in [4.69, 9.17) is 0 Å². The highest BCUT2D eigenvalue weighted by Crippen LogP contribution is 2.23. The van der Waals surface area contributed by atoms with E-state index in [1.165, 1.54) is 0 Å². The van der Waals surface area contributed by atoms with Gasteiger partial charge in [-0.05, 0) is 55.5 Å². The van der Waals surface area contributed by atoms with Crippen LogP contribution in [0.3, 0.4) is 0 Å². The predicted molar refractivity (Wildman–Crippen MR) is 164 cm³/mol. The lowest BCUT2D eigenvalue weighted by atomic mass is 9.94. The van der Waals surface area contributed by atoms with Crippen LogP contribution in [0.15, 0.2) is 78.9 Å². The van der Waals surface area contributed by atoms with Crippen molar-refractivity contribution in [2.45, 2.75) is 71.0 Å². The molecule has 0 saturated heterocycles. The SMILES string of the molecule is Cc1ccc(N(CC(=O)N(Cc2ccccc2C)[C@@H](Cc2ccccc2)C(=O)NC2CCCCC2)S(C)(=O)=O)cc1. The third-order valence-corrected chi connectivity index (χ3v) is 8.97. The molecule has 1 aliphatic carbocycles. The first-order valence-electron chi connectivity index (χ1n) is 14.3. The van der Waals surface area contributed by atoms with Crippen molar-refractivity contribution in [2.75, 3.05) is 17.1 Å².